The van der Waals surface area contributed by atoms with Gasteiger partial charge in [-0.1, -0.05) is 18.2 Å². The minimum Gasteiger partial charge on any atom is -0.372 e. The molecule has 0 saturated carbocycles. The quantitative estimate of drug-likeness (QED) is 0.816. The van der Waals surface area contributed by atoms with E-state index in [-0.39, 0.29) is 0 Å². The van der Waals surface area contributed by atoms with E-state index >= 15 is 0 Å². The van der Waals surface area contributed by atoms with Crippen molar-refractivity contribution in [2.45, 2.75) is 13.8 Å². The second kappa shape index (κ2) is 6.69. The predicted octanol–water partition coefficient (Wildman–Crippen LogP) is 3.49. The molecule has 0 amide bonds. The fraction of sp³-hybridized carbons (Fsp3) is 0.250. The van der Waals surface area contributed by atoms with Crippen molar-refractivity contribution in [3.8, 4) is 0 Å². The van der Waals surface area contributed by atoms with Crippen LogP contribution >= 0.6 is 0 Å². The highest BCUT2D eigenvalue weighted by atomic mass is 15.1. The topological polar surface area (TPSA) is 29.0 Å². The average molecular weight is 253 g/mol. The first kappa shape index (κ1) is 13.3. The van der Waals surface area contributed by atoms with Gasteiger partial charge < -0.3 is 4.90 Å². The Kier molecular flexibility index (Phi) is 4.67. The van der Waals surface area contributed by atoms with Crippen LogP contribution in [0.3, 0.4) is 0 Å². The molecule has 0 aliphatic heterocycles. The molecule has 1 aromatic carbocycles. The Morgan fingerprint density at radius 2 is 1.74 bits per heavy atom. The van der Waals surface area contributed by atoms with E-state index in [4.69, 9.17) is 0 Å². The van der Waals surface area contributed by atoms with Gasteiger partial charge in [-0.3, -0.25) is 9.97 Å². The van der Waals surface area contributed by atoms with E-state index in [0.29, 0.717) is 0 Å². The molecule has 0 fully saturated rings. The highest BCUT2D eigenvalue weighted by Crippen LogP contribution is 2.16. The summed E-state index contributed by atoms with van der Waals surface area (Å²) >= 11 is 0. The molecule has 0 atom stereocenters. The molecule has 19 heavy (non-hydrogen) atoms. The van der Waals surface area contributed by atoms with E-state index in [1.54, 1.807) is 18.6 Å². The number of nitrogens with zero attached hydrogens (tertiary/aromatic N) is 3. The number of rotatable bonds is 5. The van der Waals surface area contributed by atoms with Crippen molar-refractivity contribution in [2.75, 3.05) is 18.0 Å². The van der Waals surface area contributed by atoms with E-state index < -0.39 is 0 Å². The van der Waals surface area contributed by atoms with Gasteiger partial charge in [-0.2, -0.15) is 0 Å². The molecule has 98 valence electrons. The number of benzene rings is 1. The number of hydrogen-bond donors (Lipinski definition) is 0. The first-order valence-corrected chi connectivity index (χ1v) is 6.62. The molecular weight excluding hydrogens is 234 g/mol. The fourth-order valence-corrected chi connectivity index (χ4v) is 1.96. The predicted molar refractivity (Wildman–Crippen MR) is 81.0 cm³/mol. The number of aromatic nitrogens is 2. The van der Waals surface area contributed by atoms with Gasteiger partial charge >= 0.3 is 0 Å². The van der Waals surface area contributed by atoms with Gasteiger partial charge in [-0.25, -0.2) is 0 Å². The summed E-state index contributed by atoms with van der Waals surface area (Å²) in [6.45, 7) is 6.41. The standard InChI is InChI=1S/C16H19N3/c1-3-19(4-2)16-9-6-14(7-10-16)5-8-15-13-17-11-12-18-15/h5-13H,3-4H2,1-2H3. The normalized spacial score (nSPS) is 10.8. The first-order chi connectivity index (χ1) is 9.33. The molecule has 1 aromatic heterocycles. The number of hydrogen-bond acceptors (Lipinski definition) is 3. The highest BCUT2D eigenvalue weighted by Gasteiger charge is 1.99. The van der Waals surface area contributed by atoms with E-state index in [2.05, 4.69) is 59.1 Å². The lowest BCUT2D eigenvalue weighted by molar-refractivity contribution is 0.866. The van der Waals surface area contributed by atoms with Crippen molar-refractivity contribution in [3.63, 3.8) is 0 Å². The van der Waals surface area contributed by atoms with E-state index in [9.17, 15) is 0 Å². The van der Waals surface area contributed by atoms with Crippen molar-refractivity contribution in [1.29, 1.82) is 0 Å². The first-order valence-electron chi connectivity index (χ1n) is 6.62. The molecule has 2 rings (SSSR count). The van der Waals surface area contributed by atoms with E-state index in [1.807, 2.05) is 6.08 Å². The van der Waals surface area contributed by atoms with Gasteiger partial charge in [0.1, 0.15) is 0 Å². The molecule has 0 radical (unpaired) electrons. The molecule has 2 aromatic rings. The maximum atomic E-state index is 4.21. The summed E-state index contributed by atoms with van der Waals surface area (Å²) in [6.07, 6.45) is 9.15. The van der Waals surface area contributed by atoms with Crippen LogP contribution in [-0.2, 0) is 0 Å². The van der Waals surface area contributed by atoms with Crippen LogP contribution in [0.4, 0.5) is 5.69 Å². The summed E-state index contributed by atoms with van der Waals surface area (Å²) in [5.74, 6) is 0. The molecule has 0 aliphatic carbocycles. The number of anilines is 1. The van der Waals surface area contributed by atoms with Gasteiger partial charge in [-0.15, -0.1) is 0 Å². The molecule has 0 spiro atoms. The fourth-order valence-electron chi connectivity index (χ4n) is 1.96. The molecule has 0 N–H and O–H groups in total. The Hall–Kier alpha value is -2.16. The van der Waals surface area contributed by atoms with Crippen LogP contribution in [0.1, 0.15) is 25.1 Å². The third kappa shape index (κ3) is 3.65. The zero-order valence-corrected chi connectivity index (χ0v) is 11.5. The summed E-state index contributed by atoms with van der Waals surface area (Å²) in [4.78, 5) is 10.6. The smallest absolute Gasteiger partial charge is 0.0813 e. The van der Waals surface area contributed by atoms with Crippen molar-refractivity contribution in [1.82, 2.24) is 9.97 Å². The molecule has 0 unspecified atom stereocenters. The Bertz CT molecular complexity index is 513. The maximum absolute atomic E-state index is 4.21. The Morgan fingerprint density at radius 1 is 1.00 bits per heavy atom. The van der Waals surface area contributed by atoms with Crippen molar-refractivity contribution in [2.24, 2.45) is 0 Å². The lowest BCUT2D eigenvalue weighted by Gasteiger charge is -2.20. The molecule has 0 bridgehead atoms. The maximum Gasteiger partial charge on any atom is 0.0813 e. The third-order valence-electron chi connectivity index (χ3n) is 3.05. The Labute approximate surface area is 114 Å². The molecular formula is C16H19N3. The summed E-state index contributed by atoms with van der Waals surface area (Å²) < 4.78 is 0. The molecule has 1 heterocycles. The van der Waals surface area contributed by atoms with Crippen molar-refractivity contribution < 1.29 is 0 Å². The van der Waals surface area contributed by atoms with Crippen LogP contribution in [0.5, 0.6) is 0 Å². The van der Waals surface area contributed by atoms with Crippen molar-refractivity contribution in [3.05, 3.63) is 54.1 Å². The minimum atomic E-state index is 0.871. The summed E-state index contributed by atoms with van der Waals surface area (Å²) in [5.41, 5.74) is 3.30. The van der Waals surface area contributed by atoms with Gasteiger partial charge in [0.2, 0.25) is 0 Å². The average Bonchev–Trinajstić information content (AvgIpc) is 2.49. The van der Waals surface area contributed by atoms with Gasteiger partial charge in [0.25, 0.3) is 0 Å². The van der Waals surface area contributed by atoms with Crippen LogP contribution < -0.4 is 4.90 Å². The Balaban J connectivity index is 2.09. The highest BCUT2D eigenvalue weighted by molar-refractivity contribution is 5.68. The monoisotopic (exact) mass is 253 g/mol. The summed E-state index contributed by atoms with van der Waals surface area (Å²) in [5, 5.41) is 0. The lowest BCUT2D eigenvalue weighted by atomic mass is 10.1. The zero-order chi connectivity index (χ0) is 13.5. The second-order valence-electron chi connectivity index (χ2n) is 4.23. The van der Waals surface area contributed by atoms with Gasteiger partial charge in [-0.05, 0) is 37.6 Å². The largest absolute Gasteiger partial charge is 0.372 e. The van der Waals surface area contributed by atoms with Crippen LogP contribution in [-0.4, -0.2) is 23.1 Å². The molecule has 0 aliphatic rings. The zero-order valence-electron chi connectivity index (χ0n) is 11.5. The van der Waals surface area contributed by atoms with E-state index in [1.165, 1.54) is 11.3 Å². The Morgan fingerprint density at radius 3 is 2.32 bits per heavy atom. The van der Waals surface area contributed by atoms with Crippen LogP contribution in [0.15, 0.2) is 42.9 Å². The second-order valence-corrected chi connectivity index (χ2v) is 4.23. The SMILES string of the molecule is CCN(CC)c1ccc(C=Cc2cnccn2)cc1. The molecule has 0 saturated heterocycles. The molecule has 3 nitrogen and oxygen atoms in total. The van der Waals surface area contributed by atoms with Gasteiger partial charge in [0, 0.05) is 31.2 Å². The minimum absolute atomic E-state index is 0.871. The van der Waals surface area contributed by atoms with Crippen LogP contribution in [0, 0.1) is 0 Å². The summed E-state index contributed by atoms with van der Waals surface area (Å²) in [7, 11) is 0. The van der Waals surface area contributed by atoms with Gasteiger partial charge in [0.05, 0.1) is 11.9 Å². The van der Waals surface area contributed by atoms with Crippen LogP contribution in [0.25, 0.3) is 12.2 Å². The molecule has 3 heteroatoms. The third-order valence-corrected chi connectivity index (χ3v) is 3.05. The van der Waals surface area contributed by atoms with E-state index in [0.717, 1.165) is 18.8 Å². The summed E-state index contributed by atoms with van der Waals surface area (Å²) in [6, 6.07) is 8.56. The lowest BCUT2D eigenvalue weighted by Crippen LogP contribution is -2.21. The van der Waals surface area contributed by atoms with Crippen molar-refractivity contribution >= 4 is 17.8 Å². The van der Waals surface area contributed by atoms with Crippen LogP contribution in [0.2, 0.25) is 0 Å². The van der Waals surface area contributed by atoms with Gasteiger partial charge in [0.15, 0.2) is 0 Å².